The van der Waals surface area contributed by atoms with Gasteiger partial charge in [-0.3, -0.25) is 14.4 Å². The third-order valence-corrected chi connectivity index (χ3v) is 7.51. The molecule has 3 heterocycles. The van der Waals surface area contributed by atoms with Gasteiger partial charge in [-0.1, -0.05) is 19.1 Å². The van der Waals surface area contributed by atoms with E-state index in [0.29, 0.717) is 36.6 Å². The predicted octanol–water partition coefficient (Wildman–Crippen LogP) is 4.53. The highest BCUT2D eigenvalue weighted by molar-refractivity contribution is 6.07. The maximum Gasteiger partial charge on any atom is 0.261 e. The normalized spacial score (nSPS) is 18.9. The number of anilines is 2. The van der Waals surface area contributed by atoms with Crippen LogP contribution in [0.25, 0.3) is 0 Å². The number of carbonyl (C=O) groups is 2. The van der Waals surface area contributed by atoms with E-state index >= 15 is 0 Å². The number of aromatic nitrogens is 1. The Labute approximate surface area is 219 Å². The Kier molecular flexibility index (Phi) is 7.01. The van der Waals surface area contributed by atoms with Crippen molar-refractivity contribution in [1.29, 1.82) is 0 Å². The van der Waals surface area contributed by atoms with Crippen molar-refractivity contribution in [2.45, 2.75) is 45.2 Å². The molecule has 1 saturated heterocycles. The lowest BCUT2D eigenvalue weighted by atomic mass is 9.83. The largest absolute Gasteiger partial charge is 0.369 e. The molecule has 0 saturated carbocycles. The first-order valence-electron chi connectivity index (χ1n) is 12.9. The van der Waals surface area contributed by atoms with Crippen LogP contribution in [0.5, 0.6) is 0 Å². The number of piperidine rings is 1. The minimum Gasteiger partial charge on any atom is -0.369 e. The Balaban J connectivity index is 1.50. The second-order valence-electron chi connectivity index (χ2n) is 10.2. The minimum absolute atomic E-state index is 0.0119. The zero-order valence-corrected chi connectivity index (χ0v) is 21.3. The second kappa shape index (κ2) is 10.4. The van der Waals surface area contributed by atoms with Gasteiger partial charge < -0.3 is 20.1 Å². The maximum atomic E-state index is 14.4. The van der Waals surface area contributed by atoms with Crippen molar-refractivity contribution in [2.24, 2.45) is 5.92 Å². The van der Waals surface area contributed by atoms with Crippen molar-refractivity contribution in [1.82, 2.24) is 9.88 Å². The van der Waals surface area contributed by atoms with Crippen molar-refractivity contribution in [3.05, 3.63) is 93.4 Å². The van der Waals surface area contributed by atoms with Crippen molar-refractivity contribution in [3.8, 4) is 0 Å². The lowest BCUT2D eigenvalue weighted by Gasteiger charge is -2.44. The Hall–Kier alpha value is -4.01. The van der Waals surface area contributed by atoms with Crippen LogP contribution in [0.3, 0.4) is 0 Å². The molecule has 2 amide bonds. The number of carbonyl (C=O) groups excluding carboxylic acids is 2. The SMILES string of the molecule is CC[C@@H](C)NC(=O)c1ccc(N2C[C@H]3C[C@@H](C2)c2cccc(=O)n2C3)c(NC(=O)c2c(F)cccc2F)c1. The van der Waals surface area contributed by atoms with Crippen LogP contribution in [-0.2, 0) is 6.54 Å². The minimum atomic E-state index is -0.968. The molecule has 0 aliphatic carbocycles. The first kappa shape index (κ1) is 25.6. The number of nitrogens with zero attached hydrogens (tertiary/aromatic N) is 2. The van der Waals surface area contributed by atoms with E-state index in [1.165, 1.54) is 6.07 Å². The van der Waals surface area contributed by atoms with Gasteiger partial charge in [-0.15, -0.1) is 0 Å². The van der Waals surface area contributed by atoms with Crippen LogP contribution in [0, 0.1) is 17.6 Å². The molecule has 3 atom stereocenters. The molecular formula is C29H30F2N4O3. The van der Waals surface area contributed by atoms with Gasteiger partial charge in [-0.05, 0) is 62.1 Å². The standard InChI is InChI=1S/C29H30F2N4O3/c1-3-17(2)32-28(37)19-10-11-25(23(13-19)33-29(38)27-21(30)6-4-7-22(27)31)34-14-18-12-20(16-34)24-8-5-9-26(36)35(24)15-18/h4-11,13,17-18,20H,3,12,14-16H2,1-2H3,(H,32,37)(H,33,38)/t17-,18-,20+/m1/s1. The average Bonchev–Trinajstić information content (AvgIpc) is 2.89. The van der Waals surface area contributed by atoms with Crippen molar-refractivity contribution in [3.63, 3.8) is 0 Å². The molecule has 0 unspecified atom stereocenters. The number of nitrogens with one attached hydrogen (secondary N) is 2. The topological polar surface area (TPSA) is 83.4 Å². The summed E-state index contributed by atoms with van der Waals surface area (Å²) < 4.78 is 30.6. The van der Waals surface area contributed by atoms with Crippen LogP contribution in [0.15, 0.2) is 59.4 Å². The second-order valence-corrected chi connectivity index (χ2v) is 10.2. The molecule has 2 aliphatic heterocycles. The Morgan fingerprint density at radius 1 is 1.00 bits per heavy atom. The quantitative estimate of drug-likeness (QED) is 0.500. The number of hydrogen-bond acceptors (Lipinski definition) is 4. The maximum absolute atomic E-state index is 14.4. The van der Waals surface area contributed by atoms with E-state index < -0.39 is 23.1 Å². The summed E-state index contributed by atoms with van der Waals surface area (Å²) in [6, 6.07) is 13.5. The number of amides is 2. The molecule has 9 heteroatoms. The number of rotatable bonds is 6. The average molecular weight is 521 g/mol. The molecule has 2 aliphatic rings. The first-order valence-corrected chi connectivity index (χ1v) is 12.9. The smallest absolute Gasteiger partial charge is 0.261 e. The van der Waals surface area contributed by atoms with E-state index in [4.69, 9.17) is 0 Å². The van der Waals surface area contributed by atoms with Crippen LogP contribution in [-0.4, -0.2) is 35.5 Å². The van der Waals surface area contributed by atoms with Gasteiger partial charge in [-0.2, -0.15) is 0 Å². The molecule has 2 bridgehead atoms. The lowest BCUT2D eigenvalue weighted by Crippen LogP contribution is -2.47. The fourth-order valence-electron chi connectivity index (χ4n) is 5.46. The highest BCUT2D eigenvalue weighted by Gasteiger charge is 2.35. The van der Waals surface area contributed by atoms with E-state index in [1.807, 2.05) is 24.5 Å². The zero-order valence-electron chi connectivity index (χ0n) is 21.3. The summed E-state index contributed by atoms with van der Waals surface area (Å²) in [6.07, 6.45) is 1.69. The Bertz CT molecular complexity index is 1430. The number of fused-ring (bicyclic) bond motifs is 4. The number of benzene rings is 2. The summed E-state index contributed by atoms with van der Waals surface area (Å²) in [6.45, 7) is 5.68. The molecule has 38 heavy (non-hydrogen) atoms. The molecular weight excluding hydrogens is 490 g/mol. The zero-order chi connectivity index (χ0) is 27.0. The molecule has 0 radical (unpaired) electrons. The van der Waals surface area contributed by atoms with Gasteiger partial charge in [0.15, 0.2) is 0 Å². The molecule has 2 N–H and O–H groups in total. The molecule has 198 valence electrons. The van der Waals surface area contributed by atoms with Crippen molar-refractivity contribution in [2.75, 3.05) is 23.3 Å². The number of hydrogen-bond donors (Lipinski definition) is 2. The van der Waals surface area contributed by atoms with E-state index in [0.717, 1.165) is 30.7 Å². The summed E-state index contributed by atoms with van der Waals surface area (Å²) >= 11 is 0. The van der Waals surface area contributed by atoms with Gasteiger partial charge in [-0.25, -0.2) is 8.78 Å². The highest BCUT2D eigenvalue weighted by Crippen LogP contribution is 2.39. The molecule has 1 fully saturated rings. The molecule has 3 aromatic rings. The highest BCUT2D eigenvalue weighted by atomic mass is 19.1. The fourth-order valence-corrected chi connectivity index (χ4v) is 5.46. The van der Waals surface area contributed by atoms with Gasteiger partial charge in [0.25, 0.3) is 17.4 Å². The lowest BCUT2D eigenvalue weighted by molar-refractivity contribution is 0.0937. The van der Waals surface area contributed by atoms with Crippen LogP contribution in [0.1, 0.15) is 59.0 Å². The fraction of sp³-hybridized carbons (Fsp3) is 0.345. The molecule has 5 rings (SSSR count). The molecule has 1 aromatic heterocycles. The van der Waals surface area contributed by atoms with E-state index in [2.05, 4.69) is 15.5 Å². The number of pyridine rings is 1. The van der Waals surface area contributed by atoms with E-state index in [1.54, 1.807) is 30.3 Å². The van der Waals surface area contributed by atoms with Gasteiger partial charge in [0, 0.05) is 48.9 Å². The van der Waals surface area contributed by atoms with Crippen molar-refractivity contribution >= 4 is 23.2 Å². The monoisotopic (exact) mass is 520 g/mol. The molecule has 0 spiro atoms. The summed E-state index contributed by atoms with van der Waals surface area (Å²) in [5, 5.41) is 5.57. The van der Waals surface area contributed by atoms with Crippen LogP contribution < -0.4 is 21.1 Å². The Morgan fingerprint density at radius 2 is 1.74 bits per heavy atom. The van der Waals surface area contributed by atoms with Crippen LogP contribution in [0.2, 0.25) is 0 Å². The summed E-state index contributed by atoms with van der Waals surface area (Å²) in [4.78, 5) is 40.4. The summed E-state index contributed by atoms with van der Waals surface area (Å²) in [5.74, 6) is -2.86. The van der Waals surface area contributed by atoms with Gasteiger partial charge >= 0.3 is 0 Å². The van der Waals surface area contributed by atoms with Gasteiger partial charge in [0.1, 0.15) is 17.2 Å². The third-order valence-electron chi connectivity index (χ3n) is 7.51. The van der Waals surface area contributed by atoms with Crippen LogP contribution >= 0.6 is 0 Å². The van der Waals surface area contributed by atoms with Crippen LogP contribution in [0.4, 0.5) is 20.2 Å². The summed E-state index contributed by atoms with van der Waals surface area (Å²) in [7, 11) is 0. The third kappa shape index (κ3) is 4.92. The molecule has 2 aromatic carbocycles. The first-order chi connectivity index (χ1) is 18.2. The predicted molar refractivity (Wildman–Crippen MR) is 142 cm³/mol. The van der Waals surface area contributed by atoms with Crippen molar-refractivity contribution < 1.29 is 18.4 Å². The van der Waals surface area contributed by atoms with E-state index in [9.17, 15) is 23.2 Å². The summed E-state index contributed by atoms with van der Waals surface area (Å²) in [5.41, 5.74) is 1.55. The Morgan fingerprint density at radius 3 is 2.47 bits per heavy atom. The van der Waals surface area contributed by atoms with Gasteiger partial charge in [0.2, 0.25) is 0 Å². The van der Waals surface area contributed by atoms with E-state index in [-0.39, 0.29) is 29.3 Å². The number of halogens is 2. The van der Waals surface area contributed by atoms with Gasteiger partial charge in [0.05, 0.1) is 11.4 Å². The molecule has 7 nitrogen and oxygen atoms in total.